The highest BCUT2D eigenvalue weighted by Gasteiger charge is 2.22. The van der Waals surface area contributed by atoms with Crippen molar-refractivity contribution in [2.75, 3.05) is 5.32 Å². The van der Waals surface area contributed by atoms with Crippen molar-refractivity contribution in [3.05, 3.63) is 50.7 Å². The number of hydrogen-bond donors (Lipinski definition) is 2. The van der Waals surface area contributed by atoms with Gasteiger partial charge in [0.2, 0.25) is 5.95 Å². The maximum absolute atomic E-state index is 12.3. The summed E-state index contributed by atoms with van der Waals surface area (Å²) in [4.78, 5) is 47.2. The lowest BCUT2D eigenvalue weighted by molar-refractivity contribution is 0.0971. The highest BCUT2D eigenvalue weighted by atomic mass is 16.2. The van der Waals surface area contributed by atoms with Crippen LogP contribution in [0.3, 0.4) is 0 Å². The topological polar surface area (TPSA) is 105 Å². The molecule has 0 bridgehead atoms. The first-order chi connectivity index (χ1) is 10.9. The largest absolute Gasteiger partial charge is 0.325 e. The zero-order chi connectivity index (χ0) is 16.6. The molecule has 1 aliphatic rings. The number of pyridine rings is 1. The first-order valence-electron chi connectivity index (χ1n) is 7.37. The average Bonchev–Trinajstić information content (AvgIpc) is 2.45. The first kappa shape index (κ1) is 15.1. The van der Waals surface area contributed by atoms with E-state index in [4.69, 9.17) is 0 Å². The van der Waals surface area contributed by atoms with Crippen LogP contribution < -0.4 is 10.9 Å². The van der Waals surface area contributed by atoms with E-state index in [9.17, 15) is 14.4 Å². The molecular weight excluding hydrogens is 296 g/mol. The molecule has 0 unspecified atom stereocenters. The van der Waals surface area contributed by atoms with E-state index in [0.29, 0.717) is 41.9 Å². The minimum atomic E-state index is -0.627. The Balaban J connectivity index is 1.95. The SMILES string of the molecule is Cc1cc(C)nc(NC(=O)c2cc3c([nH]c2=O)CCCC3=O)n1. The zero-order valence-electron chi connectivity index (χ0n) is 12.9. The van der Waals surface area contributed by atoms with Gasteiger partial charge in [0, 0.05) is 29.1 Å². The van der Waals surface area contributed by atoms with Gasteiger partial charge in [-0.2, -0.15) is 0 Å². The van der Waals surface area contributed by atoms with Crippen molar-refractivity contribution in [1.82, 2.24) is 15.0 Å². The number of aryl methyl sites for hydroxylation is 3. The molecule has 0 saturated carbocycles. The van der Waals surface area contributed by atoms with Crippen molar-refractivity contribution in [2.24, 2.45) is 0 Å². The van der Waals surface area contributed by atoms with Gasteiger partial charge >= 0.3 is 0 Å². The molecule has 0 spiro atoms. The molecule has 0 saturated heterocycles. The van der Waals surface area contributed by atoms with E-state index in [-0.39, 0.29) is 17.3 Å². The number of amides is 1. The fourth-order valence-electron chi connectivity index (χ4n) is 2.69. The van der Waals surface area contributed by atoms with Gasteiger partial charge in [-0.3, -0.25) is 19.7 Å². The van der Waals surface area contributed by atoms with E-state index in [0.717, 1.165) is 0 Å². The summed E-state index contributed by atoms with van der Waals surface area (Å²) < 4.78 is 0. The molecule has 0 fully saturated rings. The third-order valence-corrected chi connectivity index (χ3v) is 3.71. The minimum Gasteiger partial charge on any atom is -0.325 e. The van der Waals surface area contributed by atoms with Gasteiger partial charge in [-0.1, -0.05) is 0 Å². The predicted molar refractivity (Wildman–Crippen MR) is 83.8 cm³/mol. The monoisotopic (exact) mass is 312 g/mol. The molecule has 118 valence electrons. The summed E-state index contributed by atoms with van der Waals surface area (Å²) >= 11 is 0. The summed E-state index contributed by atoms with van der Waals surface area (Å²) in [6.07, 6.45) is 1.78. The fourth-order valence-corrected chi connectivity index (χ4v) is 2.69. The molecule has 0 aromatic carbocycles. The Morgan fingerprint density at radius 3 is 2.52 bits per heavy atom. The number of Topliss-reactive ketones (excluding diaryl/α,β-unsaturated/α-hetero) is 1. The van der Waals surface area contributed by atoms with Crippen LogP contribution in [0.1, 0.15) is 50.6 Å². The molecule has 3 rings (SSSR count). The zero-order valence-corrected chi connectivity index (χ0v) is 12.9. The van der Waals surface area contributed by atoms with E-state index in [1.54, 1.807) is 19.9 Å². The number of nitrogens with zero attached hydrogens (tertiary/aromatic N) is 2. The van der Waals surface area contributed by atoms with Gasteiger partial charge < -0.3 is 4.98 Å². The number of aromatic nitrogens is 3. The summed E-state index contributed by atoms with van der Waals surface area (Å²) in [7, 11) is 0. The number of hydrogen-bond acceptors (Lipinski definition) is 5. The Morgan fingerprint density at radius 2 is 1.83 bits per heavy atom. The number of H-pyrrole nitrogens is 1. The number of fused-ring (bicyclic) bond motifs is 1. The Kier molecular flexibility index (Phi) is 3.77. The number of aromatic amines is 1. The number of anilines is 1. The molecule has 2 aromatic heterocycles. The van der Waals surface area contributed by atoms with Crippen molar-refractivity contribution < 1.29 is 9.59 Å². The van der Waals surface area contributed by atoms with Crippen molar-refractivity contribution in [2.45, 2.75) is 33.1 Å². The summed E-state index contributed by atoms with van der Waals surface area (Å²) in [5.41, 5.74) is 1.82. The Hall–Kier alpha value is -2.83. The molecule has 0 atom stereocenters. The Labute approximate surface area is 132 Å². The molecule has 23 heavy (non-hydrogen) atoms. The van der Waals surface area contributed by atoms with Crippen LogP contribution in [0.25, 0.3) is 0 Å². The van der Waals surface area contributed by atoms with Gasteiger partial charge in [0.15, 0.2) is 5.78 Å². The van der Waals surface area contributed by atoms with Crippen LogP contribution in [-0.2, 0) is 6.42 Å². The lowest BCUT2D eigenvalue weighted by atomic mass is 9.93. The molecular formula is C16H16N4O3. The van der Waals surface area contributed by atoms with Gasteiger partial charge in [-0.05, 0) is 38.8 Å². The van der Waals surface area contributed by atoms with Crippen LogP contribution >= 0.6 is 0 Å². The molecule has 7 nitrogen and oxygen atoms in total. The smallest absolute Gasteiger partial charge is 0.263 e. The van der Waals surface area contributed by atoms with Crippen molar-refractivity contribution in [1.29, 1.82) is 0 Å². The Bertz CT molecular complexity index is 850. The maximum Gasteiger partial charge on any atom is 0.263 e. The summed E-state index contributed by atoms with van der Waals surface area (Å²) in [6, 6.07) is 3.15. The average molecular weight is 312 g/mol. The molecule has 0 radical (unpaired) electrons. The lowest BCUT2D eigenvalue weighted by Crippen LogP contribution is -2.28. The summed E-state index contributed by atoms with van der Waals surface area (Å²) in [5.74, 6) is -0.549. The van der Waals surface area contributed by atoms with Gasteiger partial charge in [-0.25, -0.2) is 9.97 Å². The lowest BCUT2D eigenvalue weighted by Gasteiger charge is -2.14. The number of rotatable bonds is 2. The van der Waals surface area contributed by atoms with Gasteiger partial charge in [0.1, 0.15) is 5.56 Å². The molecule has 1 aliphatic carbocycles. The van der Waals surface area contributed by atoms with E-state index in [1.165, 1.54) is 6.07 Å². The summed E-state index contributed by atoms with van der Waals surface area (Å²) in [5, 5.41) is 2.51. The molecule has 1 amide bonds. The molecule has 2 N–H and O–H groups in total. The second-order valence-corrected chi connectivity index (χ2v) is 5.61. The van der Waals surface area contributed by atoms with Crippen molar-refractivity contribution in [3.8, 4) is 0 Å². The normalized spacial score (nSPS) is 13.6. The van der Waals surface area contributed by atoms with Crippen LogP contribution in [-0.4, -0.2) is 26.6 Å². The molecule has 2 aromatic rings. The van der Waals surface area contributed by atoms with Crippen molar-refractivity contribution in [3.63, 3.8) is 0 Å². The Morgan fingerprint density at radius 1 is 1.13 bits per heavy atom. The number of ketones is 1. The highest BCUT2D eigenvalue weighted by molar-refractivity contribution is 6.06. The van der Waals surface area contributed by atoms with Crippen LogP contribution in [0.5, 0.6) is 0 Å². The quantitative estimate of drug-likeness (QED) is 0.875. The third kappa shape index (κ3) is 3.03. The van der Waals surface area contributed by atoms with Crippen LogP contribution in [0.4, 0.5) is 5.95 Å². The summed E-state index contributed by atoms with van der Waals surface area (Å²) in [6.45, 7) is 3.57. The second kappa shape index (κ2) is 5.75. The van der Waals surface area contributed by atoms with E-state index >= 15 is 0 Å². The molecule has 2 heterocycles. The highest BCUT2D eigenvalue weighted by Crippen LogP contribution is 2.19. The number of carbonyl (C=O) groups excluding carboxylic acids is 2. The first-order valence-corrected chi connectivity index (χ1v) is 7.37. The van der Waals surface area contributed by atoms with Crippen LogP contribution in [0.15, 0.2) is 16.9 Å². The number of carbonyl (C=O) groups is 2. The molecule has 7 heteroatoms. The van der Waals surface area contributed by atoms with Gasteiger partial charge in [-0.15, -0.1) is 0 Å². The van der Waals surface area contributed by atoms with E-state index in [1.807, 2.05) is 0 Å². The van der Waals surface area contributed by atoms with Crippen molar-refractivity contribution >= 4 is 17.6 Å². The maximum atomic E-state index is 12.3. The van der Waals surface area contributed by atoms with Gasteiger partial charge in [0.25, 0.3) is 11.5 Å². The second-order valence-electron chi connectivity index (χ2n) is 5.61. The van der Waals surface area contributed by atoms with Crippen LogP contribution in [0.2, 0.25) is 0 Å². The third-order valence-electron chi connectivity index (χ3n) is 3.71. The standard InChI is InChI=1S/C16H16N4O3/c1-8-6-9(2)18-16(17-8)20-15(23)11-7-10-12(19-14(11)22)4-3-5-13(10)21/h6-7H,3-5H2,1-2H3,(H,19,22)(H,17,18,20,23). The van der Waals surface area contributed by atoms with E-state index < -0.39 is 11.5 Å². The fraction of sp³-hybridized carbons (Fsp3) is 0.312. The van der Waals surface area contributed by atoms with Gasteiger partial charge in [0.05, 0.1) is 0 Å². The number of nitrogens with one attached hydrogen (secondary N) is 2. The predicted octanol–water partition coefficient (Wildman–Crippen LogP) is 1.55. The van der Waals surface area contributed by atoms with Crippen LogP contribution in [0, 0.1) is 13.8 Å². The minimum absolute atomic E-state index is 0.0563. The molecule has 0 aliphatic heterocycles. The van der Waals surface area contributed by atoms with E-state index in [2.05, 4.69) is 20.3 Å².